The van der Waals surface area contributed by atoms with Crippen molar-refractivity contribution in [3.05, 3.63) is 22.3 Å². The first kappa shape index (κ1) is 12.3. The molecule has 0 spiro atoms. The maximum Gasteiger partial charge on any atom is 0.0995 e. The van der Waals surface area contributed by atoms with Crippen molar-refractivity contribution in [2.24, 2.45) is 0 Å². The summed E-state index contributed by atoms with van der Waals surface area (Å²) in [7, 11) is 0. The van der Waals surface area contributed by atoms with Crippen LogP contribution in [0, 0.1) is 6.92 Å². The van der Waals surface area contributed by atoms with Crippen molar-refractivity contribution < 1.29 is 0 Å². The maximum atomic E-state index is 5.87. The highest BCUT2D eigenvalue weighted by molar-refractivity contribution is 9.10. The molecule has 78 valence electrons. The molecule has 0 aliphatic carbocycles. The van der Waals surface area contributed by atoms with Gasteiger partial charge in [-0.3, -0.25) is 0 Å². The van der Waals surface area contributed by atoms with Crippen molar-refractivity contribution in [2.75, 3.05) is 5.88 Å². The van der Waals surface area contributed by atoms with Gasteiger partial charge in [0.25, 0.3) is 0 Å². The van der Waals surface area contributed by atoms with Gasteiger partial charge in [0.2, 0.25) is 0 Å². The lowest BCUT2D eigenvalue weighted by atomic mass is 10.2. The van der Waals surface area contributed by atoms with E-state index in [1.807, 2.05) is 6.20 Å². The number of rotatable bonds is 3. The van der Waals surface area contributed by atoms with Crippen LogP contribution in [0.1, 0.15) is 19.4 Å². The van der Waals surface area contributed by atoms with Crippen molar-refractivity contribution in [1.82, 2.24) is 4.98 Å². The summed E-state index contributed by atoms with van der Waals surface area (Å²) in [5.41, 5.74) is 1.18. The Hall–Kier alpha value is 0.270. The van der Waals surface area contributed by atoms with Crippen molar-refractivity contribution in [2.45, 2.75) is 30.5 Å². The molecule has 0 atom stereocenters. The second-order valence-electron chi connectivity index (χ2n) is 3.77. The van der Waals surface area contributed by atoms with Crippen LogP contribution in [0.5, 0.6) is 0 Å². The molecule has 14 heavy (non-hydrogen) atoms. The number of aryl methyl sites for hydroxylation is 1. The first-order valence-electron chi connectivity index (χ1n) is 4.32. The van der Waals surface area contributed by atoms with Crippen LogP contribution in [-0.2, 0) is 0 Å². The van der Waals surface area contributed by atoms with Crippen LogP contribution >= 0.6 is 39.3 Å². The van der Waals surface area contributed by atoms with Crippen LogP contribution in [0.2, 0.25) is 0 Å². The van der Waals surface area contributed by atoms with Gasteiger partial charge in [-0.05, 0) is 48.3 Å². The summed E-state index contributed by atoms with van der Waals surface area (Å²) in [6.45, 7) is 6.30. The number of hydrogen-bond acceptors (Lipinski definition) is 2. The zero-order valence-corrected chi connectivity index (χ0v) is 11.6. The molecule has 0 aliphatic rings. The van der Waals surface area contributed by atoms with Gasteiger partial charge < -0.3 is 0 Å². The molecule has 4 heteroatoms. The number of thioether (sulfide) groups is 1. The number of pyridine rings is 1. The van der Waals surface area contributed by atoms with Crippen LogP contribution in [0.4, 0.5) is 0 Å². The lowest BCUT2D eigenvalue weighted by molar-refractivity contribution is 0.806. The molecular formula is C10H13BrClNS. The van der Waals surface area contributed by atoms with Crippen LogP contribution < -0.4 is 0 Å². The average molecular weight is 295 g/mol. The van der Waals surface area contributed by atoms with E-state index in [0.717, 1.165) is 9.50 Å². The summed E-state index contributed by atoms with van der Waals surface area (Å²) < 4.78 is 1.05. The van der Waals surface area contributed by atoms with Gasteiger partial charge in [0.15, 0.2) is 0 Å². The first-order valence-corrected chi connectivity index (χ1v) is 6.46. The van der Waals surface area contributed by atoms with Gasteiger partial charge in [-0.25, -0.2) is 4.98 Å². The number of aromatic nitrogens is 1. The molecular weight excluding hydrogens is 282 g/mol. The fraction of sp³-hybridized carbons (Fsp3) is 0.500. The molecule has 0 aromatic carbocycles. The summed E-state index contributed by atoms with van der Waals surface area (Å²) >= 11 is 11.0. The van der Waals surface area contributed by atoms with Gasteiger partial charge >= 0.3 is 0 Å². The molecule has 0 bridgehead atoms. The zero-order chi connectivity index (χ0) is 10.8. The minimum atomic E-state index is 0.0349. The van der Waals surface area contributed by atoms with Gasteiger partial charge in [0, 0.05) is 21.3 Å². The SMILES string of the molecule is Cc1cc(Br)cnc1SC(C)(C)CCl. The second-order valence-corrected chi connectivity index (χ2v) is 6.65. The lowest BCUT2D eigenvalue weighted by Gasteiger charge is -2.20. The third-order valence-electron chi connectivity index (χ3n) is 1.69. The molecule has 1 aromatic heterocycles. The quantitative estimate of drug-likeness (QED) is 0.610. The third kappa shape index (κ3) is 3.44. The van der Waals surface area contributed by atoms with Crippen LogP contribution in [0.25, 0.3) is 0 Å². The summed E-state index contributed by atoms with van der Waals surface area (Å²) in [4.78, 5) is 4.37. The Bertz CT molecular complexity index is 328. The normalized spacial score (nSPS) is 11.8. The standard InChI is InChI=1S/C10H13BrClNS/c1-7-4-8(11)5-13-9(7)14-10(2,3)6-12/h4-5H,6H2,1-3H3. The Kier molecular flexibility index (Phi) is 4.29. The fourth-order valence-electron chi connectivity index (χ4n) is 0.924. The van der Waals surface area contributed by atoms with E-state index in [-0.39, 0.29) is 4.75 Å². The van der Waals surface area contributed by atoms with Gasteiger partial charge in [0.05, 0.1) is 5.03 Å². The fourth-order valence-corrected chi connectivity index (χ4v) is 2.44. The predicted octanol–water partition coefficient (Wildman–Crippen LogP) is 4.26. The number of hydrogen-bond donors (Lipinski definition) is 0. The van der Waals surface area contributed by atoms with Gasteiger partial charge in [-0.2, -0.15) is 0 Å². The van der Waals surface area contributed by atoms with E-state index in [2.05, 4.69) is 47.8 Å². The zero-order valence-electron chi connectivity index (χ0n) is 8.47. The third-order valence-corrected chi connectivity index (χ3v) is 4.27. The highest BCUT2D eigenvalue weighted by Gasteiger charge is 2.19. The smallest absolute Gasteiger partial charge is 0.0995 e. The average Bonchev–Trinajstić information content (AvgIpc) is 2.10. The second kappa shape index (κ2) is 4.86. The van der Waals surface area contributed by atoms with Gasteiger partial charge in [0.1, 0.15) is 0 Å². The van der Waals surface area contributed by atoms with E-state index < -0.39 is 0 Å². The Morgan fingerprint density at radius 3 is 2.71 bits per heavy atom. The highest BCUT2D eigenvalue weighted by Crippen LogP contribution is 2.34. The predicted molar refractivity (Wildman–Crippen MR) is 67.3 cm³/mol. The van der Waals surface area contributed by atoms with Crippen molar-refractivity contribution >= 4 is 39.3 Å². The van der Waals surface area contributed by atoms with E-state index in [0.29, 0.717) is 5.88 Å². The van der Waals surface area contributed by atoms with E-state index in [1.165, 1.54) is 5.56 Å². The molecule has 0 saturated carbocycles. The van der Waals surface area contributed by atoms with Crippen molar-refractivity contribution in [3.8, 4) is 0 Å². The summed E-state index contributed by atoms with van der Waals surface area (Å²) in [6, 6.07) is 2.07. The maximum absolute atomic E-state index is 5.87. The van der Waals surface area contributed by atoms with E-state index >= 15 is 0 Å². The van der Waals surface area contributed by atoms with Crippen molar-refractivity contribution in [1.29, 1.82) is 0 Å². The number of alkyl halides is 1. The van der Waals surface area contributed by atoms with Gasteiger partial charge in [-0.1, -0.05) is 11.8 Å². The Morgan fingerprint density at radius 1 is 1.57 bits per heavy atom. The molecule has 0 fully saturated rings. The lowest BCUT2D eigenvalue weighted by Crippen LogP contribution is -2.16. The number of nitrogens with zero attached hydrogens (tertiary/aromatic N) is 1. The highest BCUT2D eigenvalue weighted by atomic mass is 79.9. The molecule has 0 radical (unpaired) electrons. The molecule has 0 unspecified atom stereocenters. The van der Waals surface area contributed by atoms with E-state index in [9.17, 15) is 0 Å². The van der Waals surface area contributed by atoms with Crippen molar-refractivity contribution in [3.63, 3.8) is 0 Å². The largest absolute Gasteiger partial charge is 0.248 e. The van der Waals surface area contributed by atoms with Crippen LogP contribution in [0.15, 0.2) is 21.8 Å². The minimum Gasteiger partial charge on any atom is -0.248 e. The van der Waals surface area contributed by atoms with Gasteiger partial charge in [-0.15, -0.1) is 11.6 Å². The minimum absolute atomic E-state index is 0.0349. The molecule has 0 aliphatic heterocycles. The van der Waals surface area contributed by atoms with Crippen LogP contribution in [-0.4, -0.2) is 15.6 Å². The Morgan fingerprint density at radius 2 is 2.21 bits per heavy atom. The molecule has 1 rings (SSSR count). The first-order chi connectivity index (χ1) is 6.44. The molecule has 0 saturated heterocycles. The topological polar surface area (TPSA) is 12.9 Å². The molecule has 0 amide bonds. The van der Waals surface area contributed by atoms with E-state index in [1.54, 1.807) is 11.8 Å². The molecule has 0 N–H and O–H groups in total. The molecule has 1 heterocycles. The Labute approximate surface area is 103 Å². The summed E-state index contributed by atoms with van der Waals surface area (Å²) in [5, 5.41) is 1.05. The van der Waals surface area contributed by atoms with Crippen LogP contribution in [0.3, 0.4) is 0 Å². The summed E-state index contributed by atoms with van der Waals surface area (Å²) in [5.74, 6) is 0.620. The monoisotopic (exact) mass is 293 g/mol. The molecule has 1 aromatic rings. The summed E-state index contributed by atoms with van der Waals surface area (Å²) in [6.07, 6.45) is 1.82. The van der Waals surface area contributed by atoms with E-state index in [4.69, 9.17) is 11.6 Å². The molecule has 1 nitrogen and oxygen atoms in total. The number of halogens is 2. The Balaban J connectivity index is 2.87.